The van der Waals surface area contributed by atoms with Gasteiger partial charge in [0.2, 0.25) is 5.78 Å². The molecule has 0 aliphatic heterocycles. The molecule has 0 aliphatic carbocycles. The molecule has 0 aliphatic rings. The molecule has 7 nitrogen and oxygen atoms in total. The van der Waals surface area contributed by atoms with Crippen LogP contribution in [0.5, 0.6) is 0 Å². The highest BCUT2D eigenvalue weighted by Gasteiger charge is 2.13. The maximum absolute atomic E-state index is 11.3. The molecule has 0 bridgehead atoms. The van der Waals surface area contributed by atoms with Crippen LogP contribution >= 0.6 is 0 Å². The molecule has 0 amide bonds. The maximum atomic E-state index is 11.3. The molecule has 60 valence electrons. The van der Waals surface area contributed by atoms with E-state index in [9.17, 15) is 4.79 Å². The lowest BCUT2D eigenvalue weighted by Gasteiger charge is -1.85. The highest BCUT2D eigenvalue weighted by atomic mass is 16.1. The third-order valence-corrected chi connectivity index (χ3v) is 1.30. The van der Waals surface area contributed by atoms with Crippen LogP contribution in [0.25, 0.3) is 0 Å². The fourth-order valence-corrected chi connectivity index (χ4v) is 0.753. The lowest BCUT2D eigenvalue weighted by atomic mass is 10.2. The molecule has 0 aromatic carbocycles. The Labute approximate surface area is 66.2 Å². The zero-order valence-corrected chi connectivity index (χ0v) is 5.85. The number of hydrogen-bond acceptors (Lipinski definition) is 5. The summed E-state index contributed by atoms with van der Waals surface area (Å²) in [5.41, 5.74) is 0.452. The summed E-state index contributed by atoms with van der Waals surface area (Å²) in [6.45, 7) is 0. The summed E-state index contributed by atoms with van der Waals surface area (Å²) in [7, 11) is 0. The van der Waals surface area contributed by atoms with E-state index in [0.717, 1.165) is 0 Å². The van der Waals surface area contributed by atoms with E-state index in [1.54, 1.807) is 0 Å². The number of carbonyl (C=O) groups is 1. The van der Waals surface area contributed by atoms with Gasteiger partial charge in [0.15, 0.2) is 11.4 Å². The summed E-state index contributed by atoms with van der Waals surface area (Å²) in [4.78, 5) is 11.3. The van der Waals surface area contributed by atoms with Crippen LogP contribution in [-0.4, -0.2) is 36.6 Å². The predicted molar refractivity (Wildman–Crippen MR) is 36.2 cm³/mol. The molecule has 0 unspecified atom stereocenters. The lowest BCUT2D eigenvalue weighted by molar-refractivity contribution is 0.102. The Balaban J connectivity index is 2.34. The summed E-state index contributed by atoms with van der Waals surface area (Å²) >= 11 is 0. The predicted octanol–water partition coefficient (Wildman–Crippen LogP) is -0.846. The summed E-state index contributed by atoms with van der Waals surface area (Å²) in [6.07, 6.45) is 2.66. The summed E-state index contributed by atoms with van der Waals surface area (Å²) < 4.78 is 0. The van der Waals surface area contributed by atoms with Crippen LogP contribution in [-0.2, 0) is 0 Å². The molecule has 2 N–H and O–H groups in total. The van der Waals surface area contributed by atoms with Gasteiger partial charge < -0.3 is 0 Å². The zero-order chi connectivity index (χ0) is 8.39. The van der Waals surface area contributed by atoms with E-state index in [1.807, 2.05) is 0 Å². The van der Waals surface area contributed by atoms with Gasteiger partial charge in [0.05, 0.1) is 12.4 Å². The van der Waals surface area contributed by atoms with E-state index in [4.69, 9.17) is 0 Å². The van der Waals surface area contributed by atoms with Gasteiger partial charge in [-0.05, 0) is 0 Å². The Bertz CT molecular complexity index is 326. The molecular weight excluding hydrogens is 160 g/mol. The second-order valence-corrected chi connectivity index (χ2v) is 2.04. The molecule has 0 atom stereocenters. The molecule has 0 spiro atoms. The van der Waals surface area contributed by atoms with Crippen LogP contribution in [0.1, 0.15) is 16.2 Å². The van der Waals surface area contributed by atoms with E-state index in [1.165, 1.54) is 12.4 Å². The first-order valence-corrected chi connectivity index (χ1v) is 3.14. The Kier molecular flexibility index (Phi) is 1.40. The first-order valence-electron chi connectivity index (χ1n) is 3.14. The Hall–Kier alpha value is -2.05. The first kappa shape index (κ1) is 6.65. The van der Waals surface area contributed by atoms with Crippen LogP contribution in [0.4, 0.5) is 0 Å². The van der Waals surface area contributed by atoms with Gasteiger partial charge in [-0.2, -0.15) is 30.8 Å². The van der Waals surface area contributed by atoms with Crippen molar-refractivity contribution in [2.75, 3.05) is 0 Å². The summed E-state index contributed by atoms with van der Waals surface area (Å²) in [5, 5.41) is 18.9. The zero-order valence-electron chi connectivity index (χ0n) is 5.85. The van der Waals surface area contributed by atoms with Crippen molar-refractivity contribution < 1.29 is 4.79 Å². The number of nitrogens with one attached hydrogen (secondary N) is 2. The maximum Gasteiger partial charge on any atom is 0.236 e. The average molecular weight is 164 g/mol. The summed E-state index contributed by atoms with van der Waals surface area (Å²) in [6, 6.07) is 0. The molecule has 0 saturated heterocycles. The molecule has 2 aromatic heterocycles. The third kappa shape index (κ3) is 0.965. The van der Waals surface area contributed by atoms with Crippen molar-refractivity contribution in [2.45, 2.75) is 0 Å². The lowest BCUT2D eigenvalue weighted by Crippen LogP contribution is -2.02. The number of nitrogens with zero attached hydrogens (tertiary/aromatic N) is 4. The quantitative estimate of drug-likeness (QED) is 0.563. The molecule has 2 rings (SSSR count). The van der Waals surface area contributed by atoms with E-state index in [-0.39, 0.29) is 17.2 Å². The molecule has 2 aromatic rings. The Morgan fingerprint density at radius 3 is 1.92 bits per heavy atom. The van der Waals surface area contributed by atoms with Crippen LogP contribution in [0.15, 0.2) is 12.4 Å². The Morgan fingerprint density at radius 2 is 1.58 bits per heavy atom. The van der Waals surface area contributed by atoms with Gasteiger partial charge in [0.25, 0.3) is 0 Å². The highest BCUT2D eigenvalue weighted by Crippen LogP contribution is 1.99. The van der Waals surface area contributed by atoms with Gasteiger partial charge in [0, 0.05) is 0 Å². The van der Waals surface area contributed by atoms with Gasteiger partial charge in [-0.25, -0.2) is 0 Å². The van der Waals surface area contributed by atoms with Gasteiger partial charge >= 0.3 is 0 Å². The topological polar surface area (TPSA) is 100 Å². The second kappa shape index (κ2) is 2.53. The van der Waals surface area contributed by atoms with Gasteiger partial charge in [-0.15, -0.1) is 0 Å². The van der Waals surface area contributed by atoms with Gasteiger partial charge in [-0.3, -0.25) is 4.79 Å². The fourth-order valence-electron chi connectivity index (χ4n) is 0.753. The van der Waals surface area contributed by atoms with E-state index in [0.29, 0.717) is 0 Å². The minimum absolute atomic E-state index is 0.226. The van der Waals surface area contributed by atoms with E-state index >= 15 is 0 Å². The van der Waals surface area contributed by atoms with Crippen LogP contribution < -0.4 is 0 Å². The van der Waals surface area contributed by atoms with Crippen LogP contribution in [0.2, 0.25) is 0 Å². The molecule has 12 heavy (non-hydrogen) atoms. The standard InChI is InChI=1S/C5H4N6O/c12-5(3-1-6-10-8-3)4-2-7-11-9-4/h1-2H,(H,6,8,10)(H,7,9,11). The minimum Gasteiger partial charge on any atom is -0.285 e. The fraction of sp³-hybridized carbons (Fsp3) is 0. The first-order chi connectivity index (χ1) is 5.88. The molecule has 7 heteroatoms. The number of rotatable bonds is 2. The van der Waals surface area contributed by atoms with Crippen molar-refractivity contribution in [1.29, 1.82) is 0 Å². The molecular formula is C5H4N6O. The number of hydrogen-bond donors (Lipinski definition) is 2. The molecule has 0 saturated carbocycles. The SMILES string of the molecule is O=C(c1cn[nH]n1)c1cn[nH]n1. The summed E-state index contributed by atoms with van der Waals surface area (Å²) in [5.74, 6) is -0.308. The number of aromatic amines is 2. The average Bonchev–Trinajstić information content (AvgIpc) is 2.77. The monoisotopic (exact) mass is 164 g/mol. The van der Waals surface area contributed by atoms with Crippen molar-refractivity contribution in [1.82, 2.24) is 30.8 Å². The van der Waals surface area contributed by atoms with Gasteiger partial charge in [-0.1, -0.05) is 0 Å². The highest BCUT2D eigenvalue weighted by molar-refractivity contribution is 6.05. The van der Waals surface area contributed by atoms with E-state index < -0.39 is 0 Å². The molecule has 0 fully saturated rings. The molecule has 2 heterocycles. The number of ketones is 1. The van der Waals surface area contributed by atoms with Crippen molar-refractivity contribution in [3.05, 3.63) is 23.8 Å². The largest absolute Gasteiger partial charge is 0.285 e. The van der Waals surface area contributed by atoms with Crippen molar-refractivity contribution >= 4 is 5.78 Å². The van der Waals surface area contributed by atoms with Crippen LogP contribution in [0, 0.1) is 0 Å². The third-order valence-electron chi connectivity index (χ3n) is 1.30. The minimum atomic E-state index is -0.308. The van der Waals surface area contributed by atoms with Crippen molar-refractivity contribution in [2.24, 2.45) is 0 Å². The van der Waals surface area contributed by atoms with Gasteiger partial charge in [0.1, 0.15) is 0 Å². The number of carbonyl (C=O) groups excluding carboxylic acids is 1. The van der Waals surface area contributed by atoms with Crippen LogP contribution in [0.3, 0.4) is 0 Å². The number of aromatic nitrogens is 6. The molecule has 0 radical (unpaired) electrons. The van der Waals surface area contributed by atoms with E-state index in [2.05, 4.69) is 30.8 Å². The number of H-pyrrole nitrogens is 2. The normalized spacial score (nSPS) is 10.0. The Morgan fingerprint density at radius 1 is 1.08 bits per heavy atom. The van der Waals surface area contributed by atoms with Crippen molar-refractivity contribution in [3.63, 3.8) is 0 Å². The smallest absolute Gasteiger partial charge is 0.236 e. The second-order valence-electron chi connectivity index (χ2n) is 2.04. The van der Waals surface area contributed by atoms with Crippen molar-refractivity contribution in [3.8, 4) is 0 Å².